The predicted molar refractivity (Wildman–Crippen MR) is 90.0 cm³/mol. The van der Waals surface area contributed by atoms with E-state index in [-0.39, 0.29) is 0 Å². The van der Waals surface area contributed by atoms with Gasteiger partial charge in [-0.2, -0.15) is 5.10 Å². The molecule has 0 radical (unpaired) electrons. The first kappa shape index (κ1) is 14.8. The highest BCUT2D eigenvalue weighted by Gasteiger charge is 2.16. The monoisotopic (exact) mass is 321 g/mol. The van der Waals surface area contributed by atoms with Crippen molar-refractivity contribution in [2.45, 2.75) is 25.4 Å². The van der Waals surface area contributed by atoms with Gasteiger partial charge in [0.25, 0.3) is 0 Å². The maximum absolute atomic E-state index is 5.83. The van der Waals surface area contributed by atoms with Crippen molar-refractivity contribution in [2.24, 2.45) is 0 Å². The Labute approximate surface area is 140 Å². The molecule has 6 heteroatoms. The largest absolute Gasteiger partial charge is 0.493 e. The summed E-state index contributed by atoms with van der Waals surface area (Å²) in [5, 5.41) is 7.76. The molecule has 0 saturated carbocycles. The molecule has 1 atom stereocenters. The summed E-state index contributed by atoms with van der Waals surface area (Å²) in [5.41, 5.74) is 2.44. The Balaban J connectivity index is 1.43. The van der Waals surface area contributed by atoms with Crippen molar-refractivity contribution < 1.29 is 4.74 Å². The first-order valence-corrected chi connectivity index (χ1v) is 8.12. The van der Waals surface area contributed by atoms with Crippen LogP contribution in [0.4, 0.5) is 0 Å². The minimum Gasteiger partial charge on any atom is -0.493 e. The van der Waals surface area contributed by atoms with Crippen molar-refractivity contribution in [1.82, 2.24) is 25.1 Å². The lowest BCUT2D eigenvalue weighted by atomic mass is 10.0. The molecule has 0 spiro atoms. The number of fused-ring (bicyclic) bond motifs is 1. The third kappa shape index (κ3) is 3.28. The Kier molecular flexibility index (Phi) is 4.20. The molecule has 0 aliphatic carbocycles. The lowest BCUT2D eigenvalue weighted by Crippen LogP contribution is -2.31. The molecule has 0 saturated heterocycles. The van der Waals surface area contributed by atoms with Crippen LogP contribution in [0.5, 0.6) is 5.75 Å². The number of pyridine rings is 1. The Hall–Kier alpha value is -2.73. The molecule has 122 valence electrons. The van der Waals surface area contributed by atoms with Crippen molar-refractivity contribution in [1.29, 1.82) is 0 Å². The number of hydrogen-bond donors (Lipinski definition) is 1. The zero-order valence-electron chi connectivity index (χ0n) is 13.3. The van der Waals surface area contributed by atoms with Crippen molar-refractivity contribution in [2.75, 3.05) is 6.61 Å². The molecule has 2 aromatic heterocycles. The van der Waals surface area contributed by atoms with E-state index in [0.29, 0.717) is 6.04 Å². The smallest absolute Gasteiger partial charge is 0.155 e. The normalized spacial score (nSPS) is 16.9. The summed E-state index contributed by atoms with van der Waals surface area (Å²) in [5.74, 6) is 1.79. The molecule has 0 fully saturated rings. The van der Waals surface area contributed by atoms with Gasteiger partial charge in [-0.15, -0.1) is 0 Å². The van der Waals surface area contributed by atoms with Gasteiger partial charge in [0, 0.05) is 18.8 Å². The highest BCUT2D eigenvalue weighted by Crippen LogP contribution is 2.23. The zero-order chi connectivity index (χ0) is 16.2. The van der Waals surface area contributed by atoms with E-state index in [1.807, 2.05) is 24.3 Å². The van der Waals surface area contributed by atoms with Gasteiger partial charge in [0.2, 0.25) is 0 Å². The minimum atomic E-state index is 0.400. The van der Waals surface area contributed by atoms with E-state index in [4.69, 9.17) is 4.74 Å². The molecule has 24 heavy (non-hydrogen) atoms. The molecule has 6 nitrogen and oxygen atoms in total. The van der Waals surface area contributed by atoms with E-state index in [9.17, 15) is 0 Å². The van der Waals surface area contributed by atoms with E-state index in [1.54, 1.807) is 17.2 Å². The van der Waals surface area contributed by atoms with Crippen LogP contribution < -0.4 is 10.1 Å². The fraction of sp³-hybridized carbons (Fsp3) is 0.278. The molecular formula is C18H19N5O. The van der Waals surface area contributed by atoms with Crippen LogP contribution in [-0.2, 0) is 13.0 Å². The molecule has 4 rings (SSSR count). The number of rotatable bonds is 4. The second kappa shape index (κ2) is 6.80. The highest BCUT2D eigenvalue weighted by atomic mass is 16.5. The maximum atomic E-state index is 5.83. The number of aromatic nitrogens is 4. The van der Waals surface area contributed by atoms with Gasteiger partial charge in [0.1, 0.15) is 18.4 Å². The topological polar surface area (TPSA) is 64.9 Å². The maximum Gasteiger partial charge on any atom is 0.155 e. The van der Waals surface area contributed by atoms with Crippen LogP contribution in [0.25, 0.3) is 5.82 Å². The molecule has 1 aromatic carbocycles. The number of nitrogens with one attached hydrogen (secondary N) is 1. The van der Waals surface area contributed by atoms with Crippen LogP contribution >= 0.6 is 0 Å². The molecule has 0 amide bonds. The van der Waals surface area contributed by atoms with Crippen LogP contribution in [0.3, 0.4) is 0 Å². The quantitative estimate of drug-likeness (QED) is 0.797. The van der Waals surface area contributed by atoms with Crippen molar-refractivity contribution in [3.05, 3.63) is 66.4 Å². The van der Waals surface area contributed by atoms with Gasteiger partial charge in [0.05, 0.1) is 6.61 Å². The summed E-state index contributed by atoms with van der Waals surface area (Å²) in [7, 11) is 0. The molecule has 1 aliphatic rings. The standard InChI is InChI=1S/C18H19N5O/c1-2-4-17-15(3-1)10-16(6-8-24-17)21-11-14-5-7-20-18(9-14)23-13-19-12-22-23/h1-5,7,9,12-13,16,21H,6,8,10-11H2. The van der Waals surface area contributed by atoms with Crippen LogP contribution in [0.2, 0.25) is 0 Å². The Morgan fingerprint density at radius 1 is 1.25 bits per heavy atom. The average molecular weight is 321 g/mol. The highest BCUT2D eigenvalue weighted by molar-refractivity contribution is 5.34. The summed E-state index contributed by atoms with van der Waals surface area (Å²) >= 11 is 0. The van der Waals surface area contributed by atoms with Gasteiger partial charge < -0.3 is 10.1 Å². The first-order chi connectivity index (χ1) is 11.9. The Morgan fingerprint density at radius 3 is 3.12 bits per heavy atom. The zero-order valence-corrected chi connectivity index (χ0v) is 13.3. The van der Waals surface area contributed by atoms with Gasteiger partial charge in [-0.3, -0.25) is 0 Å². The van der Waals surface area contributed by atoms with E-state index in [2.05, 4.69) is 32.5 Å². The Bertz CT molecular complexity index is 803. The summed E-state index contributed by atoms with van der Waals surface area (Å²) in [6, 6.07) is 12.7. The molecule has 1 unspecified atom stereocenters. The Morgan fingerprint density at radius 2 is 2.21 bits per heavy atom. The van der Waals surface area contributed by atoms with Crippen molar-refractivity contribution >= 4 is 0 Å². The average Bonchev–Trinajstić information content (AvgIpc) is 3.08. The van der Waals surface area contributed by atoms with Gasteiger partial charge in [0.15, 0.2) is 5.82 Å². The number of nitrogens with zero attached hydrogens (tertiary/aromatic N) is 4. The lowest BCUT2D eigenvalue weighted by molar-refractivity contribution is 0.300. The van der Waals surface area contributed by atoms with Gasteiger partial charge in [-0.25, -0.2) is 14.6 Å². The van der Waals surface area contributed by atoms with Gasteiger partial charge in [-0.1, -0.05) is 18.2 Å². The summed E-state index contributed by atoms with van der Waals surface area (Å²) in [6.07, 6.45) is 6.95. The first-order valence-electron chi connectivity index (χ1n) is 8.12. The minimum absolute atomic E-state index is 0.400. The second-order valence-electron chi connectivity index (χ2n) is 5.89. The van der Waals surface area contributed by atoms with E-state index in [1.165, 1.54) is 17.5 Å². The molecular weight excluding hydrogens is 302 g/mol. The number of hydrogen-bond acceptors (Lipinski definition) is 5. The van der Waals surface area contributed by atoms with Crippen LogP contribution in [-0.4, -0.2) is 32.4 Å². The third-order valence-electron chi connectivity index (χ3n) is 4.22. The van der Waals surface area contributed by atoms with E-state index >= 15 is 0 Å². The van der Waals surface area contributed by atoms with Crippen molar-refractivity contribution in [3.63, 3.8) is 0 Å². The molecule has 3 aromatic rings. The fourth-order valence-electron chi connectivity index (χ4n) is 2.95. The second-order valence-corrected chi connectivity index (χ2v) is 5.89. The molecule has 1 aliphatic heterocycles. The van der Waals surface area contributed by atoms with Crippen LogP contribution in [0.1, 0.15) is 17.5 Å². The summed E-state index contributed by atoms with van der Waals surface area (Å²) in [4.78, 5) is 8.30. The number of benzene rings is 1. The third-order valence-corrected chi connectivity index (χ3v) is 4.22. The fourth-order valence-corrected chi connectivity index (χ4v) is 2.95. The molecule has 1 N–H and O–H groups in total. The van der Waals surface area contributed by atoms with Gasteiger partial charge >= 0.3 is 0 Å². The summed E-state index contributed by atoms with van der Waals surface area (Å²) < 4.78 is 7.50. The summed E-state index contributed by atoms with van der Waals surface area (Å²) in [6.45, 7) is 1.53. The van der Waals surface area contributed by atoms with Crippen LogP contribution in [0.15, 0.2) is 55.2 Å². The number of ether oxygens (including phenoxy) is 1. The molecule has 0 bridgehead atoms. The van der Waals surface area contributed by atoms with Crippen LogP contribution in [0, 0.1) is 0 Å². The van der Waals surface area contributed by atoms with Crippen molar-refractivity contribution in [3.8, 4) is 11.6 Å². The molecule has 3 heterocycles. The predicted octanol–water partition coefficient (Wildman–Crippen LogP) is 2.15. The SMILES string of the molecule is c1ccc2c(c1)CC(NCc1ccnc(-n3cncn3)c1)CCO2. The van der Waals surface area contributed by atoms with E-state index in [0.717, 1.165) is 37.6 Å². The number of para-hydroxylation sites is 1. The lowest BCUT2D eigenvalue weighted by Gasteiger charge is -2.16. The van der Waals surface area contributed by atoms with E-state index < -0.39 is 0 Å². The van der Waals surface area contributed by atoms with Gasteiger partial charge in [-0.05, 0) is 42.2 Å².